The van der Waals surface area contributed by atoms with Crippen LogP contribution in [0.25, 0.3) is 0 Å². The minimum absolute atomic E-state index is 0.0254. The highest BCUT2D eigenvalue weighted by atomic mass is 32.2. The van der Waals surface area contributed by atoms with Crippen LogP contribution >= 0.6 is 0 Å². The Morgan fingerprint density at radius 1 is 0.750 bits per heavy atom. The van der Waals surface area contributed by atoms with E-state index >= 15 is 0 Å². The molecule has 0 spiro atoms. The number of benzene rings is 3. The highest BCUT2D eigenvalue weighted by Crippen LogP contribution is 2.14. The van der Waals surface area contributed by atoms with Crippen LogP contribution in [0.4, 0.5) is 4.79 Å². The average molecular weight is 698 g/mol. The molecule has 0 unspecified atom stereocenters. The van der Waals surface area contributed by atoms with Crippen molar-refractivity contribution < 1.29 is 31.2 Å². The third-order valence-corrected chi connectivity index (χ3v) is 10.4. The van der Waals surface area contributed by atoms with Gasteiger partial charge in [0.15, 0.2) is 9.84 Å². The van der Waals surface area contributed by atoms with Crippen molar-refractivity contribution in [2.45, 2.75) is 81.9 Å². The van der Waals surface area contributed by atoms with E-state index in [0.29, 0.717) is 25.7 Å². The number of hydrogen-bond donors (Lipinski definition) is 3. The van der Waals surface area contributed by atoms with Gasteiger partial charge in [-0.25, -0.2) is 26.4 Å². The average Bonchev–Trinajstić information content (AvgIpc) is 3.09. The number of alkyl carbamates (subject to hydrolysis) is 1. The molecule has 0 bridgehead atoms. The number of hydrogen-bond acceptors (Lipinski definition) is 7. The number of carbonyl (C=O) groups is 2. The van der Waals surface area contributed by atoms with Crippen molar-refractivity contribution in [3.8, 4) is 0 Å². The van der Waals surface area contributed by atoms with E-state index in [1.165, 1.54) is 18.2 Å². The normalized spacial score (nSPS) is 13.1. The predicted molar refractivity (Wildman–Crippen MR) is 188 cm³/mol. The van der Waals surface area contributed by atoms with Crippen LogP contribution in [0.5, 0.6) is 0 Å². The fourth-order valence-corrected chi connectivity index (χ4v) is 7.13. The number of rotatable bonds is 21. The van der Waals surface area contributed by atoms with Gasteiger partial charge in [0.1, 0.15) is 12.6 Å². The number of sulfone groups is 1. The van der Waals surface area contributed by atoms with Gasteiger partial charge in [-0.05, 0) is 48.9 Å². The smallest absolute Gasteiger partial charge is 0.408 e. The molecule has 0 radical (unpaired) electrons. The number of amides is 2. The van der Waals surface area contributed by atoms with Crippen LogP contribution in [0.1, 0.15) is 63.0 Å². The second-order valence-corrected chi connectivity index (χ2v) is 15.3. The fourth-order valence-electron chi connectivity index (χ4n) is 4.86. The summed E-state index contributed by atoms with van der Waals surface area (Å²) in [5.41, 5.74) is 1.60. The van der Waals surface area contributed by atoms with E-state index in [0.717, 1.165) is 35.8 Å². The molecule has 0 saturated heterocycles. The first-order valence-electron chi connectivity index (χ1n) is 16.3. The molecule has 48 heavy (non-hydrogen) atoms. The van der Waals surface area contributed by atoms with E-state index in [4.69, 9.17) is 4.74 Å². The Kier molecular flexibility index (Phi) is 16.3. The third-order valence-electron chi connectivity index (χ3n) is 7.52. The van der Waals surface area contributed by atoms with Gasteiger partial charge in [0.2, 0.25) is 15.9 Å². The van der Waals surface area contributed by atoms with Gasteiger partial charge < -0.3 is 15.4 Å². The molecular formula is C36H47N3O7S2. The van der Waals surface area contributed by atoms with E-state index < -0.39 is 43.9 Å². The molecule has 2 amide bonds. The Morgan fingerprint density at radius 2 is 1.38 bits per heavy atom. The summed E-state index contributed by atoms with van der Waals surface area (Å²) in [4.78, 5) is 26.6. The molecule has 12 heteroatoms. The van der Waals surface area contributed by atoms with Gasteiger partial charge in [0, 0.05) is 24.4 Å². The molecule has 3 aromatic rings. The van der Waals surface area contributed by atoms with Crippen LogP contribution in [-0.4, -0.2) is 53.2 Å². The molecule has 0 fully saturated rings. The minimum Gasteiger partial charge on any atom is -0.445 e. The third kappa shape index (κ3) is 14.8. The molecule has 3 rings (SSSR count). The minimum atomic E-state index is -3.79. The summed E-state index contributed by atoms with van der Waals surface area (Å²) in [6.45, 7) is 2.32. The van der Waals surface area contributed by atoms with Crippen molar-refractivity contribution in [3.05, 3.63) is 114 Å². The maximum atomic E-state index is 13.7. The first-order valence-corrected chi connectivity index (χ1v) is 19.5. The zero-order valence-corrected chi connectivity index (χ0v) is 29.1. The highest BCUT2D eigenvalue weighted by Gasteiger charge is 2.24. The molecule has 10 nitrogen and oxygen atoms in total. The van der Waals surface area contributed by atoms with Crippen LogP contribution in [0.2, 0.25) is 0 Å². The number of carbonyl (C=O) groups excluding carboxylic acids is 2. The first kappa shape index (κ1) is 38.4. The van der Waals surface area contributed by atoms with Crippen molar-refractivity contribution in [1.29, 1.82) is 0 Å². The summed E-state index contributed by atoms with van der Waals surface area (Å²) in [6.07, 6.45) is 5.62. The lowest BCUT2D eigenvalue weighted by atomic mass is 10.0. The van der Waals surface area contributed by atoms with Crippen LogP contribution in [0.3, 0.4) is 0 Å². The molecular weight excluding hydrogens is 651 g/mol. The molecule has 0 aliphatic heterocycles. The summed E-state index contributed by atoms with van der Waals surface area (Å²) in [5, 5.41) is 6.62. The van der Waals surface area contributed by atoms with Gasteiger partial charge in [-0.3, -0.25) is 4.79 Å². The molecule has 0 aliphatic rings. The Morgan fingerprint density at radius 3 is 2.02 bits per heavy atom. The zero-order valence-electron chi connectivity index (χ0n) is 27.4. The highest BCUT2D eigenvalue weighted by molar-refractivity contribution is 7.94. The van der Waals surface area contributed by atoms with Gasteiger partial charge in [0.25, 0.3) is 0 Å². The van der Waals surface area contributed by atoms with Crippen LogP contribution in [0, 0.1) is 0 Å². The molecule has 0 aromatic heterocycles. The van der Waals surface area contributed by atoms with Crippen molar-refractivity contribution in [3.63, 3.8) is 0 Å². The number of unbranched alkanes of at least 4 members (excludes halogenated alkanes) is 4. The van der Waals surface area contributed by atoms with Crippen molar-refractivity contribution in [2.24, 2.45) is 0 Å². The quantitative estimate of drug-likeness (QED) is 0.122. The van der Waals surface area contributed by atoms with E-state index in [1.807, 2.05) is 60.7 Å². The summed E-state index contributed by atoms with van der Waals surface area (Å²) >= 11 is 0. The molecule has 3 aromatic carbocycles. The molecule has 0 saturated carbocycles. The van der Waals surface area contributed by atoms with Gasteiger partial charge in [0.05, 0.1) is 10.6 Å². The summed E-state index contributed by atoms with van der Waals surface area (Å²) < 4.78 is 58.7. The van der Waals surface area contributed by atoms with Crippen molar-refractivity contribution in [1.82, 2.24) is 15.4 Å². The maximum Gasteiger partial charge on any atom is 0.408 e. The SMILES string of the molecule is CCCCCCS(=O)(=O)NCCCC[C@@H](/C=C/S(=O)(=O)c1ccccc1)NC(=O)[C@H](Cc1ccccc1)NC(=O)OCc1ccccc1. The Balaban J connectivity index is 1.69. The number of nitrogens with one attached hydrogen (secondary N) is 3. The topological polar surface area (TPSA) is 148 Å². The van der Waals surface area contributed by atoms with Gasteiger partial charge in [-0.15, -0.1) is 0 Å². The summed E-state index contributed by atoms with van der Waals surface area (Å²) in [6, 6.07) is 24.6. The van der Waals surface area contributed by atoms with E-state index in [2.05, 4.69) is 22.3 Å². The maximum absolute atomic E-state index is 13.7. The Bertz CT molecular complexity index is 1630. The predicted octanol–water partition coefficient (Wildman–Crippen LogP) is 5.67. The van der Waals surface area contributed by atoms with Gasteiger partial charge >= 0.3 is 6.09 Å². The summed E-state index contributed by atoms with van der Waals surface area (Å²) in [7, 11) is -7.18. The lowest BCUT2D eigenvalue weighted by molar-refractivity contribution is -0.123. The second kappa shape index (κ2) is 20.4. The van der Waals surface area contributed by atoms with E-state index in [-0.39, 0.29) is 30.2 Å². The van der Waals surface area contributed by atoms with Crippen molar-refractivity contribution in [2.75, 3.05) is 12.3 Å². The lowest BCUT2D eigenvalue weighted by Gasteiger charge is -2.22. The van der Waals surface area contributed by atoms with E-state index in [1.54, 1.807) is 18.2 Å². The monoisotopic (exact) mass is 697 g/mol. The fraction of sp³-hybridized carbons (Fsp3) is 0.389. The van der Waals surface area contributed by atoms with Crippen LogP contribution in [-0.2, 0) is 42.4 Å². The Hall–Kier alpha value is -4.00. The van der Waals surface area contributed by atoms with Gasteiger partial charge in [-0.1, -0.05) is 111 Å². The van der Waals surface area contributed by atoms with Crippen molar-refractivity contribution >= 4 is 31.9 Å². The molecule has 0 aliphatic carbocycles. The van der Waals surface area contributed by atoms with E-state index in [9.17, 15) is 26.4 Å². The molecule has 2 atom stereocenters. The van der Waals surface area contributed by atoms with Crippen LogP contribution < -0.4 is 15.4 Å². The lowest BCUT2D eigenvalue weighted by Crippen LogP contribution is -2.50. The van der Waals surface area contributed by atoms with Crippen LogP contribution in [0.15, 0.2) is 107 Å². The Labute approximate surface area is 285 Å². The molecule has 260 valence electrons. The first-order chi connectivity index (χ1) is 23.1. The second-order valence-electron chi connectivity index (χ2n) is 11.5. The summed E-state index contributed by atoms with van der Waals surface area (Å²) in [5.74, 6) is -0.440. The molecule has 3 N–H and O–H groups in total. The zero-order chi connectivity index (χ0) is 34.7. The number of sulfonamides is 1. The largest absolute Gasteiger partial charge is 0.445 e. The molecule has 0 heterocycles. The number of ether oxygens (including phenoxy) is 1. The standard InChI is InChI=1S/C36H47N3O7S2/c1-2-3-4-16-26-48(44,45)37-25-15-14-21-32(24-27-47(42,43)33-22-12-7-13-23-33)38-35(40)34(28-30-17-8-5-9-18-30)39-36(41)46-29-31-19-10-6-11-20-31/h5-13,17-20,22-24,27,32,34,37H,2-4,14-16,21,25-26,28-29H2,1H3,(H,38,40)(H,39,41)/b27-24+/t32-,34-/m0/s1. The van der Waals surface area contributed by atoms with Gasteiger partial charge in [-0.2, -0.15) is 0 Å².